The van der Waals surface area contributed by atoms with Gasteiger partial charge in [-0.15, -0.1) is 0 Å². The van der Waals surface area contributed by atoms with E-state index in [1.807, 2.05) is 18.2 Å². The fourth-order valence-corrected chi connectivity index (χ4v) is 2.88. The maximum Gasteiger partial charge on any atom is 0.299 e. The predicted molar refractivity (Wildman–Crippen MR) is 65.1 cm³/mol. The van der Waals surface area contributed by atoms with Crippen molar-refractivity contribution >= 4 is 17.4 Å². The Hall–Kier alpha value is -1.64. The highest BCUT2D eigenvalue weighted by Gasteiger charge is 2.36. The number of hydrogen-bond donors (Lipinski definition) is 0. The van der Waals surface area contributed by atoms with Crippen molar-refractivity contribution in [2.45, 2.75) is 25.7 Å². The lowest BCUT2D eigenvalue weighted by Crippen LogP contribution is -2.33. The number of nitrogens with zero attached hydrogens (tertiary/aromatic N) is 1. The third-order valence-corrected chi connectivity index (χ3v) is 3.79. The highest BCUT2D eigenvalue weighted by atomic mass is 16.2. The first-order valence-electron chi connectivity index (χ1n) is 6.22. The summed E-state index contributed by atoms with van der Waals surface area (Å²) in [5.74, 6) is -0.130. The maximum atomic E-state index is 11.9. The number of para-hydroxylation sites is 1. The summed E-state index contributed by atoms with van der Waals surface area (Å²) >= 11 is 0. The molecule has 1 aromatic rings. The van der Waals surface area contributed by atoms with Crippen molar-refractivity contribution < 1.29 is 9.59 Å². The zero-order valence-corrected chi connectivity index (χ0v) is 9.69. The molecule has 1 amide bonds. The number of anilines is 1. The molecule has 3 rings (SSSR count). The molecule has 0 spiro atoms. The van der Waals surface area contributed by atoms with E-state index in [2.05, 4.69) is 0 Å². The molecule has 0 atom stereocenters. The van der Waals surface area contributed by atoms with Gasteiger partial charge in [-0.25, -0.2) is 0 Å². The molecule has 1 aromatic carbocycles. The van der Waals surface area contributed by atoms with Gasteiger partial charge in [-0.05, 0) is 30.9 Å². The Morgan fingerprint density at radius 3 is 2.59 bits per heavy atom. The average Bonchev–Trinajstić information content (AvgIpc) is 2.94. The third-order valence-electron chi connectivity index (χ3n) is 3.79. The summed E-state index contributed by atoms with van der Waals surface area (Å²) < 4.78 is 0. The van der Waals surface area contributed by atoms with Gasteiger partial charge in [0.05, 0.1) is 11.3 Å². The first-order chi connectivity index (χ1) is 8.27. The second-order valence-corrected chi connectivity index (χ2v) is 4.91. The Balaban J connectivity index is 1.89. The van der Waals surface area contributed by atoms with Crippen molar-refractivity contribution in [1.29, 1.82) is 0 Å². The summed E-state index contributed by atoms with van der Waals surface area (Å²) in [4.78, 5) is 25.4. The van der Waals surface area contributed by atoms with Gasteiger partial charge >= 0.3 is 0 Å². The van der Waals surface area contributed by atoms with Crippen molar-refractivity contribution in [2.24, 2.45) is 5.92 Å². The Morgan fingerprint density at radius 1 is 1.12 bits per heavy atom. The smallest absolute Gasteiger partial charge is 0.299 e. The summed E-state index contributed by atoms with van der Waals surface area (Å²) in [6.45, 7) is 0.710. The molecular weight excluding hydrogens is 214 g/mol. The fraction of sp³-hybridized carbons (Fsp3) is 0.429. The van der Waals surface area contributed by atoms with Crippen LogP contribution >= 0.6 is 0 Å². The quantitative estimate of drug-likeness (QED) is 0.730. The zero-order valence-electron chi connectivity index (χ0n) is 9.69. The van der Waals surface area contributed by atoms with Crippen LogP contribution in [-0.2, 0) is 4.79 Å². The van der Waals surface area contributed by atoms with Gasteiger partial charge in [-0.1, -0.05) is 25.0 Å². The highest BCUT2D eigenvalue weighted by Crippen LogP contribution is 2.32. The third kappa shape index (κ3) is 1.66. The van der Waals surface area contributed by atoms with Crippen LogP contribution in [0.15, 0.2) is 24.3 Å². The van der Waals surface area contributed by atoms with Crippen LogP contribution in [0.1, 0.15) is 36.0 Å². The summed E-state index contributed by atoms with van der Waals surface area (Å²) in [5.41, 5.74) is 1.37. The molecule has 17 heavy (non-hydrogen) atoms. The monoisotopic (exact) mass is 229 g/mol. The van der Waals surface area contributed by atoms with Crippen molar-refractivity contribution in [3.63, 3.8) is 0 Å². The average molecular weight is 229 g/mol. The number of ketones is 1. The molecule has 0 unspecified atom stereocenters. The largest absolute Gasteiger partial charge is 0.304 e. The molecule has 0 aromatic heterocycles. The van der Waals surface area contributed by atoms with Crippen LogP contribution in [-0.4, -0.2) is 18.2 Å². The van der Waals surface area contributed by atoms with E-state index in [4.69, 9.17) is 0 Å². The van der Waals surface area contributed by atoms with Gasteiger partial charge in [0.1, 0.15) is 0 Å². The molecule has 3 nitrogen and oxygen atoms in total. The summed E-state index contributed by atoms with van der Waals surface area (Å²) in [6.07, 6.45) is 4.87. The highest BCUT2D eigenvalue weighted by molar-refractivity contribution is 6.52. The Kier molecular flexibility index (Phi) is 2.46. The zero-order chi connectivity index (χ0) is 11.8. The van der Waals surface area contributed by atoms with E-state index < -0.39 is 0 Å². The van der Waals surface area contributed by atoms with Crippen LogP contribution in [0.4, 0.5) is 5.69 Å². The predicted octanol–water partition coefficient (Wildman–Crippen LogP) is 2.41. The molecule has 1 heterocycles. The van der Waals surface area contributed by atoms with Gasteiger partial charge in [-0.3, -0.25) is 9.59 Å². The van der Waals surface area contributed by atoms with E-state index in [-0.39, 0.29) is 11.7 Å². The summed E-state index contributed by atoms with van der Waals surface area (Å²) in [6, 6.07) is 7.30. The number of Topliss-reactive ketones (excluding diaryl/α,β-unsaturated/α-hetero) is 1. The Labute approximate surface area is 100 Å². The molecule has 88 valence electrons. The van der Waals surface area contributed by atoms with Gasteiger partial charge < -0.3 is 4.90 Å². The fourth-order valence-electron chi connectivity index (χ4n) is 2.88. The maximum absolute atomic E-state index is 11.9. The molecule has 1 aliphatic heterocycles. The van der Waals surface area contributed by atoms with Gasteiger partial charge in [0.15, 0.2) is 0 Å². The van der Waals surface area contributed by atoms with Crippen LogP contribution in [0, 0.1) is 5.92 Å². The molecule has 3 heteroatoms. The molecule has 0 bridgehead atoms. The van der Waals surface area contributed by atoms with E-state index in [1.54, 1.807) is 11.0 Å². The SMILES string of the molecule is O=C1C(=O)N(CC2CCCC2)c2ccccc21. The van der Waals surface area contributed by atoms with Gasteiger partial charge in [0.2, 0.25) is 0 Å². The van der Waals surface area contributed by atoms with Gasteiger partial charge in [0.25, 0.3) is 11.7 Å². The normalized spacial score (nSPS) is 20.1. The number of rotatable bonds is 2. The number of carbonyl (C=O) groups is 2. The number of amides is 1. The molecule has 2 aliphatic rings. The lowest BCUT2D eigenvalue weighted by atomic mass is 10.1. The van der Waals surface area contributed by atoms with Crippen molar-refractivity contribution in [2.75, 3.05) is 11.4 Å². The number of fused-ring (bicyclic) bond motifs is 1. The van der Waals surface area contributed by atoms with E-state index in [9.17, 15) is 9.59 Å². The van der Waals surface area contributed by atoms with E-state index in [1.165, 1.54) is 25.7 Å². The van der Waals surface area contributed by atoms with Crippen LogP contribution in [0.25, 0.3) is 0 Å². The molecule has 1 aliphatic carbocycles. The van der Waals surface area contributed by atoms with E-state index in [0.717, 1.165) is 5.69 Å². The van der Waals surface area contributed by atoms with Crippen LogP contribution in [0.5, 0.6) is 0 Å². The van der Waals surface area contributed by atoms with E-state index in [0.29, 0.717) is 18.0 Å². The first-order valence-corrected chi connectivity index (χ1v) is 6.22. The number of carbonyl (C=O) groups excluding carboxylic acids is 2. The topological polar surface area (TPSA) is 37.4 Å². The van der Waals surface area contributed by atoms with Crippen LogP contribution < -0.4 is 4.90 Å². The second-order valence-electron chi connectivity index (χ2n) is 4.91. The van der Waals surface area contributed by atoms with Crippen molar-refractivity contribution in [3.8, 4) is 0 Å². The standard InChI is InChI=1S/C14H15NO2/c16-13-11-7-3-4-8-12(11)15(14(13)17)9-10-5-1-2-6-10/h3-4,7-8,10H,1-2,5-6,9H2. The number of hydrogen-bond acceptors (Lipinski definition) is 2. The molecule has 0 radical (unpaired) electrons. The minimum atomic E-state index is -0.349. The minimum Gasteiger partial charge on any atom is -0.304 e. The van der Waals surface area contributed by atoms with Crippen molar-refractivity contribution in [1.82, 2.24) is 0 Å². The summed E-state index contributed by atoms with van der Waals surface area (Å²) in [5, 5.41) is 0. The van der Waals surface area contributed by atoms with Gasteiger partial charge in [-0.2, -0.15) is 0 Å². The molecular formula is C14H15NO2. The van der Waals surface area contributed by atoms with Crippen LogP contribution in [0.2, 0.25) is 0 Å². The second kappa shape index (κ2) is 3.99. The first kappa shape index (κ1) is 10.5. The lowest BCUT2D eigenvalue weighted by Gasteiger charge is -2.20. The Bertz CT molecular complexity index is 475. The Morgan fingerprint density at radius 2 is 1.82 bits per heavy atom. The molecule has 1 saturated carbocycles. The number of benzene rings is 1. The molecule has 1 fully saturated rings. The summed E-state index contributed by atoms with van der Waals surface area (Å²) in [7, 11) is 0. The molecule has 0 saturated heterocycles. The minimum absolute atomic E-state index is 0.349. The van der Waals surface area contributed by atoms with Crippen LogP contribution in [0.3, 0.4) is 0 Å². The van der Waals surface area contributed by atoms with Gasteiger partial charge in [0, 0.05) is 6.54 Å². The lowest BCUT2D eigenvalue weighted by molar-refractivity contribution is -0.114. The van der Waals surface area contributed by atoms with Crippen molar-refractivity contribution in [3.05, 3.63) is 29.8 Å². The molecule has 0 N–H and O–H groups in total. The van der Waals surface area contributed by atoms with E-state index >= 15 is 0 Å².